The van der Waals surface area contributed by atoms with E-state index in [0.717, 1.165) is 23.5 Å². The van der Waals surface area contributed by atoms with Gasteiger partial charge in [-0.05, 0) is 49.6 Å². The smallest absolute Gasteiger partial charge is 0.480 e. The largest absolute Gasteiger partial charge is 0.573 e. The van der Waals surface area contributed by atoms with Crippen LogP contribution in [0.4, 0.5) is 18.2 Å². The number of aliphatic carboxylic acids is 1. The number of benzene rings is 1. The van der Waals surface area contributed by atoms with Crippen molar-refractivity contribution < 1.29 is 37.4 Å². The van der Waals surface area contributed by atoms with Crippen LogP contribution in [0.25, 0.3) is 0 Å². The summed E-state index contributed by atoms with van der Waals surface area (Å²) in [6.07, 6.45) is 4.77. The first-order valence-corrected chi connectivity index (χ1v) is 12.9. The molecule has 1 fully saturated rings. The number of ketones is 1. The van der Waals surface area contributed by atoms with Gasteiger partial charge in [0.2, 0.25) is 5.91 Å². The molecule has 1 aromatic carbocycles. The predicted molar refractivity (Wildman–Crippen MR) is 137 cm³/mol. The zero-order valence-electron chi connectivity index (χ0n) is 20.1. The van der Waals surface area contributed by atoms with Gasteiger partial charge in [-0.25, -0.2) is 0 Å². The van der Waals surface area contributed by atoms with Gasteiger partial charge < -0.3 is 15.2 Å². The molecule has 202 valence electrons. The maximum Gasteiger partial charge on any atom is 0.573 e. The Bertz CT molecular complexity index is 1290. The summed E-state index contributed by atoms with van der Waals surface area (Å²) in [6.45, 7) is 1.83. The third-order valence-corrected chi connectivity index (χ3v) is 7.90. The lowest BCUT2D eigenvalue weighted by Crippen LogP contribution is -2.50. The Morgan fingerprint density at radius 2 is 1.92 bits per heavy atom. The zero-order chi connectivity index (χ0) is 27.7. The van der Waals surface area contributed by atoms with Gasteiger partial charge in [-0.15, -0.1) is 24.5 Å². The highest BCUT2D eigenvalue weighted by Gasteiger charge is 2.46. The summed E-state index contributed by atoms with van der Waals surface area (Å²) < 4.78 is 41.3. The van der Waals surface area contributed by atoms with E-state index in [1.807, 2.05) is 31.2 Å². The topological polar surface area (TPSA) is 95.9 Å². The minimum atomic E-state index is -4.86. The summed E-state index contributed by atoms with van der Waals surface area (Å²) in [7, 11) is 0. The normalized spacial score (nSPS) is 23.4. The number of hydrogen-bond acceptors (Lipinski definition) is 6. The zero-order valence-corrected chi connectivity index (χ0v) is 21.7. The molecule has 0 spiro atoms. The van der Waals surface area contributed by atoms with Gasteiger partial charge in [-0.2, -0.15) is 0 Å². The Morgan fingerprint density at radius 3 is 2.53 bits per heavy atom. The number of carbonyl (C=O) groups excluding carboxylic acids is 2. The van der Waals surface area contributed by atoms with Gasteiger partial charge in [0.05, 0.1) is 16.4 Å². The lowest BCUT2D eigenvalue weighted by atomic mass is 9.76. The number of halogens is 4. The number of alkyl halides is 3. The number of allylic oxidation sites excluding steroid dienone is 3. The summed E-state index contributed by atoms with van der Waals surface area (Å²) in [5.41, 5.74) is -0.202. The molecule has 7 nitrogen and oxygen atoms in total. The van der Waals surface area contributed by atoms with Crippen LogP contribution in [0.3, 0.4) is 0 Å². The number of ether oxygens (including phenoxy) is 1. The number of thiophene rings is 1. The SMILES string of the molecule is CC1([C@H]2CC[C@H](C(=O)O)N2CC(=O)Nc2sc(Cl)cc2C(=O)c2ccc(OC(F)(F)F)cc2)C=CC=CC1. The Balaban J connectivity index is 1.51. The summed E-state index contributed by atoms with van der Waals surface area (Å²) in [6, 6.07) is 4.75. The minimum absolute atomic E-state index is 0.0675. The van der Waals surface area contributed by atoms with Crippen molar-refractivity contribution in [3.63, 3.8) is 0 Å². The van der Waals surface area contributed by atoms with Crippen LogP contribution in [0.2, 0.25) is 4.34 Å². The maximum absolute atomic E-state index is 13.1. The molecule has 2 aromatic rings. The fraction of sp³-hybridized carbons (Fsp3) is 0.346. The Labute approximate surface area is 225 Å². The molecule has 1 aromatic heterocycles. The van der Waals surface area contributed by atoms with Crippen molar-refractivity contribution in [2.24, 2.45) is 5.41 Å². The first kappa shape index (κ1) is 27.9. The van der Waals surface area contributed by atoms with Crippen molar-refractivity contribution >= 4 is 45.6 Å². The Kier molecular flexibility index (Phi) is 8.01. The summed E-state index contributed by atoms with van der Waals surface area (Å²) in [4.78, 5) is 39.8. The van der Waals surface area contributed by atoms with E-state index in [0.29, 0.717) is 19.3 Å². The molecule has 1 unspecified atom stereocenters. The molecule has 1 aliphatic heterocycles. The van der Waals surface area contributed by atoms with E-state index >= 15 is 0 Å². The molecule has 1 aliphatic carbocycles. The van der Waals surface area contributed by atoms with Crippen molar-refractivity contribution in [3.05, 3.63) is 70.1 Å². The molecule has 1 amide bonds. The second kappa shape index (κ2) is 10.9. The average Bonchev–Trinajstić information content (AvgIpc) is 3.42. The number of hydrogen-bond donors (Lipinski definition) is 2. The third-order valence-electron chi connectivity index (χ3n) is 6.72. The molecule has 3 atom stereocenters. The molecular formula is C26H24ClF3N2O5S. The lowest BCUT2D eigenvalue weighted by molar-refractivity contribution is -0.274. The first-order chi connectivity index (χ1) is 17.9. The molecule has 12 heteroatoms. The summed E-state index contributed by atoms with van der Waals surface area (Å²) >= 11 is 7.08. The number of likely N-dealkylation sites (tertiary alicyclic amines) is 1. The number of carboxylic acids is 1. The minimum Gasteiger partial charge on any atom is -0.480 e. The summed E-state index contributed by atoms with van der Waals surface area (Å²) in [5.74, 6) is -2.55. The molecule has 2 heterocycles. The molecule has 1 saturated heterocycles. The predicted octanol–water partition coefficient (Wildman–Crippen LogP) is 5.91. The van der Waals surface area contributed by atoms with Crippen LogP contribution in [0.1, 0.15) is 42.1 Å². The van der Waals surface area contributed by atoms with Crippen molar-refractivity contribution in [1.82, 2.24) is 4.90 Å². The highest BCUT2D eigenvalue weighted by molar-refractivity contribution is 7.20. The van der Waals surface area contributed by atoms with Gasteiger partial charge >= 0.3 is 12.3 Å². The van der Waals surface area contributed by atoms with Crippen molar-refractivity contribution in [2.45, 2.75) is 44.6 Å². The standard InChI is InChI=1S/C26H24ClF3N2O5S/c1-25(11-3-2-4-12-25)19-10-9-18(24(35)36)32(19)14-21(33)31-23-17(13-20(27)38-23)22(34)15-5-7-16(8-6-15)37-26(28,29)30/h2-8,11,13,18-19H,9-10,12,14H2,1H3,(H,31,33)(H,35,36)/t18-,19-,25?/m1/s1. The van der Waals surface area contributed by atoms with E-state index in [1.54, 1.807) is 4.90 Å². The second-order valence-corrected chi connectivity index (χ2v) is 11.0. The van der Waals surface area contributed by atoms with Gasteiger partial charge in [-0.1, -0.05) is 42.8 Å². The average molecular weight is 569 g/mol. The Morgan fingerprint density at radius 1 is 1.21 bits per heavy atom. The molecule has 2 N–H and O–H groups in total. The number of rotatable bonds is 8. The monoisotopic (exact) mass is 568 g/mol. The molecular weight excluding hydrogens is 545 g/mol. The van der Waals surface area contributed by atoms with E-state index < -0.39 is 35.8 Å². The lowest BCUT2D eigenvalue weighted by Gasteiger charge is -2.40. The Hall–Kier alpha value is -3.15. The number of nitrogens with one attached hydrogen (secondary N) is 1. The quantitative estimate of drug-likeness (QED) is 0.384. The van der Waals surface area contributed by atoms with E-state index in [1.165, 1.54) is 18.2 Å². The van der Waals surface area contributed by atoms with Crippen molar-refractivity contribution in [1.29, 1.82) is 0 Å². The van der Waals surface area contributed by atoms with Crippen LogP contribution in [-0.4, -0.2) is 52.7 Å². The molecule has 38 heavy (non-hydrogen) atoms. The van der Waals surface area contributed by atoms with Crippen LogP contribution >= 0.6 is 22.9 Å². The van der Waals surface area contributed by atoms with Crippen molar-refractivity contribution in [2.75, 3.05) is 11.9 Å². The maximum atomic E-state index is 13.1. The molecule has 4 rings (SSSR count). The fourth-order valence-corrected chi connectivity index (χ4v) is 6.11. The van der Waals surface area contributed by atoms with Crippen LogP contribution in [0.5, 0.6) is 5.75 Å². The molecule has 0 radical (unpaired) electrons. The number of carboxylic acid groups (broad SMARTS) is 1. The van der Waals surface area contributed by atoms with Crippen LogP contribution in [0, 0.1) is 5.41 Å². The third kappa shape index (κ3) is 6.28. The fourth-order valence-electron chi connectivity index (χ4n) is 4.97. The second-order valence-electron chi connectivity index (χ2n) is 9.36. The summed E-state index contributed by atoms with van der Waals surface area (Å²) in [5, 5.41) is 12.6. The highest BCUT2D eigenvalue weighted by Crippen LogP contribution is 2.42. The number of amides is 1. The van der Waals surface area contributed by atoms with Crippen LogP contribution in [-0.2, 0) is 9.59 Å². The van der Waals surface area contributed by atoms with E-state index in [4.69, 9.17) is 11.6 Å². The highest BCUT2D eigenvalue weighted by atomic mass is 35.5. The van der Waals surface area contributed by atoms with Gasteiger partial charge in [0, 0.05) is 17.0 Å². The number of carbonyl (C=O) groups is 3. The molecule has 0 saturated carbocycles. The van der Waals surface area contributed by atoms with Gasteiger partial charge in [0.15, 0.2) is 5.78 Å². The molecule has 0 bridgehead atoms. The number of anilines is 1. The molecule has 2 aliphatic rings. The van der Waals surface area contributed by atoms with E-state index in [9.17, 15) is 32.7 Å². The van der Waals surface area contributed by atoms with Gasteiger partial charge in [0.25, 0.3) is 0 Å². The first-order valence-electron chi connectivity index (χ1n) is 11.7. The van der Waals surface area contributed by atoms with E-state index in [2.05, 4.69) is 10.1 Å². The van der Waals surface area contributed by atoms with E-state index in [-0.39, 0.29) is 38.5 Å². The van der Waals surface area contributed by atoms with Crippen LogP contribution in [0.15, 0.2) is 54.6 Å². The van der Waals surface area contributed by atoms with Gasteiger partial charge in [-0.3, -0.25) is 19.3 Å². The van der Waals surface area contributed by atoms with Crippen LogP contribution < -0.4 is 10.1 Å². The number of nitrogens with zero attached hydrogens (tertiary/aromatic N) is 1. The van der Waals surface area contributed by atoms with Gasteiger partial charge in [0.1, 0.15) is 16.8 Å². The van der Waals surface area contributed by atoms with Crippen molar-refractivity contribution in [3.8, 4) is 5.75 Å².